The summed E-state index contributed by atoms with van der Waals surface area (Å²) in [5.41, 5.74) is -0.200. The zero-order chi connectivity index (χ0) is 14.5. The van der Waals surface area contributed by atoms with E-state index in [0.717, 1.165) is 0 Å². The molecule has 0 saturated heterocycles. The van der Waals surface area contributed by atoms with Crippen LogP contribution in [0.4, 0.5) is 0 Å². The van der Waals surface area contributed by atoms with Crippen LogP contribution in [0.15, 0.2) is 24.3 Å². The quantitative estimate of drug-likeness (QED) is 0.842. The number of rotatable bonds is 3. The highest BCUT2D eigenvalue weighted by Crippen LogP contribution is 2.22. The normalized spacial score (nSPS) is 10.7. The molecule has 0 aliphatic carbocycles. The number of ether oxygens (including phenoxy) is 1. The number of amides is 1. The van der Waals surface area contributed by atoms with Crippen LogP contribution in [0.1, 0.15) is 20.8 Å². The van der Waals surface area contributed by atoms with Gasteiger partial charge in [0.2, 0.25) is 0 Å². The highest BCUT2D eigenvalue weighted by molar-refractivity contribution is 7.80. The van der Waals surface area contributed by atoms with Crippen LogP contribution in [0, 0.1) is 0 Å². The Balaban J connectivity index is 2.40. The van der Waals surface area contributed by atoms with Gasteiger partial charge in [-0.25, -0.2) is 0 Å². The molecule has 104 valence electrons. The number of nitrogens with one attached hydrogen (secondary N) is 2. The van der Waals surface area contributed by atoms with Gasteiger partial charge >= 0.3 is 0 Å². The summed E-state index contributed by atoms with van der Waals surface area (Å²) < 4.78 is 5.30. The highest BCUT2D eigenvalue weighted by Gasteiger charge is 2.13. The number of para-hydroxylation sites is 1. The maximum absolute atomic E-state index is 11.6. The Morgan fingerprint density at radius 2 is 2.00 bits per heavy atom. The second-order valence-corrected chi connectivity index (χ2v) is 5.79. The molecule has 0 fully saturated rings. The van der Waals surface area contributed by atoms with Crippen molar-refractivity contribution in [3.8, 4) is 5.75 Å². The van der Waals surface area contributed by atoms with Crippen LogP contribution in [0.2, 0.25) is 5.02 Å². The van der Waals surface area contributed by atoms with E-state index in [-0.39, 0.29) is 23.2 Å². The molecule has 0 bridgehead atoms. The summed E-state index contributed by atoms with van der Waals surface area (Å²) in [4.78, 5) is 11.6. The lowest BCUT2D eigenvalue weighted by atomic mass is 10.1. The fourth-order valence-electron chi connectivity index (χ4n) is 1.24. The van der Waals surface area contributed by atoms with E-state index in [1.54, 1.807) is 24.3 Å². The molecule has 4 nitrogen and oxygen atoms in total. The molecule has 19 heavy (non-hydrogen) atoms. The number of thiocarbonyl (C=S) groups is 1. The van der Waals surface area contributed by atoms with Crippen LogP contribution in [0.25, 0.3) is 0 Å². The first kappa shape index (κ1) is 15.7. The van der Waals surface area contributed by atoms with Gasteiger partial charge in [-0.2, -0.15) is 0 Å². The maximum Gasteiger partial charge on any atom is 0.264 e. The van der Waals surface area contributed by atoms with E-state index in [4.69, 9.17) is 28.6 Å². The molecule has 0 atom stereocenters. The van der Waals surface area contributed by atoms with Crippen LogP contribution in [-0.4, -0.2) is 23.2 Å². The molecule has 1 rings (SSSR count). The Morgan fingerprint density at radius 1 is 1.37 bits per heavy atom. The van der Waals surface area contributed by atoms with Crippen molar-refractivity contribution in [3.05, 3.63) is 29.3 Å². The molecule has 1 aromatic carbocycles. The second kappa shape index (κ2) is 6.73. The average Bonchev–Trinajstić information content (AvgIpc) is 2.25. The lowest BCUT2D eigenvalue weighted by molar-refractivity contribution is -0.121. The summed E-state index contributed by atoms with van der Waals surface area (Å²) in [5.74, 6) is 0.135. The molecule has 0 radical (unpaired) electrons. The smallest absolute Gasteiger partial charge is 0.264 e. The summed E-state index contributed by atoms with van der Waals surface area (Å²) in [7, 11) is 0. The number of hydrogen-bond acceptors (Lipinski definition) is 3. The van der Waals surface area contributed by atoms with Crippen LogP contribution < -0.4 is 15.4 Å². The standard InChI is InChI=1S/C13H17ClN2O2S/c1-13(2,3)16-12(19)15-11(17)8-18-10-7-5-4-6-9(10)14/h4-7H,8H2,1-3H3,(H2,15,16,17,19). The van der Waals surface area contributed by atoms with Gasteiger partial charge in [-0.3, -0.25) is 4.79 Å². The largest absolute Gasteiger partial charge is 0.482 e. The van der Waals surface area contributed by atoms with Crippen molar-refractivity contribution in [1.29, 1.82) is 0 Å². The van der Waals surface area contributed by atoms with Gasteiger partial charge in [-0.1, -0.05) is 23.7 Å². The van der Waals surface area contributed by atoms with Gasteiger partial charge in [-0.15, -0.1) is 0 Å². The van der Waals surface area contributed by atoms with Gasteiger partial charge in [0, 0.05) is 5.54 Å². The van der Waals surface area contributed by atoms with Crippen LogP contribution >= 0.6 is 23.8 Å². The minimum Gasteiger partial charge on any atom is -0.482 e. The zero-order valence-electron chi connectivity index (χ0n) is 11.1. The van der Waals surface area contributed by atoms with Crippen molar-refractivity contribution in [2.45, 2.75) is 26.3 Å². The molecule has 2 N–H and O–H groups in total. The van der Waals surface area contributed by atoms with E-state index >= 15 is 0 Å². The number of carbonyl (C=O) groups is 1. The molecule has 0 aromatic heterocycles. The Morgan fingerprint density at radius 3 is 2.58 bits per heavy atom. The third-order valence-electron chi connectivity index (χ3n) is 1.94. The van der Waals surface area contributed by atoms with Gasteiger partial charge in [0.15, 0.2) is 11.7 Å². The van der Waals surface area contributed by atoms with E-state index in [2.05, 4.69) is 10.6 Å². The summed E-state index contributed by atoms with van der Waals surface area (Å²) in [6.45, 7) is 5.71. The fraction of sp³-hybridized carbons (Fsp3) is 0.385. The first-order valence-electron chi connectivity index (χ1n) is 5.77. The predicted octanol–water partition coefficient (Wildman–Crippen LogP) is 2.51. The summed E-state index contributed by atoms with van der Waals surface area (Å²) in [6.07, 6.45) is 0. The average molecular weight is 301 g/mol. The molecular formula is C13H17ClN2O2S. The van der Waals surface area contributed by atoms with Crippen molar-refractivity contribution in [3.63, 3.8) is 0 Å². The molecule has 0 heterocycles. The lowest BCUT2D eigenvalue weighted by Crippen LogP contribution is -2.49. The topological polar surface area (TPSA) is 50.4 Å². The summed E-state index contributed by atoms with van der Waals surface area (Å²) >= 11 is 10.9. The molecule has 0 unspecified atom stereocenters. The van der Waals surface area contributed by atoms with Crippen LogP contribution in [-0.2, 0) is 4.79 Å². The summed E-state index contributed by atoms with van der Waals surface area (Å²) in [6, 6.07) is 6.96. The van der Waals surface area contributed by atoms with Gasteiger partial charge in [0.05, 0.1) is 5.02 Å². The maximum atomic E-state index is 11.6. The van der Waals surface area contributed by atoms with E-state index in [1.165, 1.54) is 0 Å². The predicted molar refractivity (Wildman–Crippen MR) is 80.6 cm³/mol. The van der Waals surface area contributed by atoms with E-state index < -0.39 is 0 Å². The Kier molecular flexibility index (Phi) is 5.57. The number of carbonyl (C=O) groups excluding carboxylic acids is 1. The molecule has 1 aromatic rings. The third kappa shape index (κ3) is 6.40. The first-order valence-corrected chi connectivity index (χ1v) is 6.56. The van der Waals surface area contributed by atoms with Gasteiger partial charge in [0.1, 0.15) is 5.75 Å². The van der Waals surface area contributed by atoms with Crippen molar-refractivity contribution < 1.29 is 9.53 Å². The number of hydrogen-bond donors (Lipinski definition) is 2. The Labute approximate surface area is 123 Å². The van der Waals surface area contributed by atoms with Crippen molar-refractivity contribution in [2.75, 3.05) is 6.61 Å². The van der Waals surface area contributed by atoms with E-state index in [0.29, 0.717) is 10.8 Å². The highest BCUT2D eigenvalue weighted by atomic mass is 35.5. The molecule has 1 amide bonds. The Bertz CT molecular complexity index is 472. The minimum absolute atomic E-state index is 0.143. The molecule has 0 aliphatic heterocycles. The monoisotopic (exact) mass is 300 g/mol. The van der Waals surface area contributed by atoms with Crippen molar-refractivity contribution in [1.82, 2.24) is 10.6 Å². The van der Waals surface area contributed by atoms with E-state index in [9.17, 15) is 4.79 Å². The fourth-order valence-corrected chi connectivity index (χ4v) is 1.85. The third-order valence-corrected chi connectivity index (χ3v) is 2.45. The molecule has 6 heteroatoms. The van der Waals surface area contributed by atoms with Crippen molar-refractivity contribution in [2.24, 2.45) is 0 Å². The molecule has 0 spiro atoms. The molecule has 0 saturated carbocycles. The zero-order valence-corrected chi connectivity index (χ0v) is 12.7. The second-order valence-electron chi connectivity index (χ2n) is 4.97. The van der Waals surface area contributed by atoms with Crippen LogP contribution in [0.5, 0.6) is 5.75 Å². The van der Waals surface area contributed by atoms with Gasteiger partial charge in [-0.05, 0) is 45.1 Å². The van der Waals surface area contributed by atoms with E-state index in [1.807, 2.05) is 20.8 Å². The first-order chi connectivity index (χ1) is 8.78. The van der Waals surface area contributed by atoms with Crippen molar-refractivity contribution >= 4 is 34.8 Å². The Hall–Kier alpha value is -1.33. The van der Waals surface area contributed by atoms with Crippen LogP contribution in [0.3, 0.4) is 0 Å². The van der Waals surface area contributed by atoms with Gasteiger partial charge in [0.25, 0.3) is 5.91 Å². The number of halogens is 1. The molecular weight excluding hydrogens is 284 g/mol. The minimum atomic E-state index is -0.332. The summed E-state index contributed by atoms with van der Waals surface area (Å²) in [5, 5.41) is 6.26. The lowest BCUT2D eigenvalue weighted by Gasteiger charge is -2.22. The van der Waals surface area contributed by atoms with Gasteiger partial charge < -0.3 is 15.4 Å². The SMILES string of the molecule is CC(C)(C)NC(=S)NC(=O)COc1ccccc1Cl. The molecule has 0 aliphatic rings. The number of benzene rings is 1.